The number of alkyl halides is 3. The van der Waals surface area contributed by atoms with Crippen molar-refractivity contribution in [3.8, 4) is 5.75 Å². The monoisotopic (exact) mass is 459 g/mol. The van der Waals surface area contributed by atoms with Crippen LogP contribution in [0.4, 0.5) is 13.2 Å². The Hall–Kier alpha value is -2.59. The van der Waals surface area contributed by atoms with Crippen LogP contribution in [0.2, 0.25) is 0 Å². The van der Waals surface area contributed by atoms with Crippen LogP contribution in [0.1, 0.15) is 25.0 Å². The Labute approximate surface area is 179 Å². The summed E-state index contributed by atoms with van der Waals surface area (Å²) in [6, 6.07) is 9.47. The van der Waals surface area contributed by atoms with Crippen LogP contribution in [0, 0.1) is 5.92 Å². The van der Waals surface area contributed by atoms with E-state index in [1.54, 1.807) is 12.1 Å². The minimum absolute atomic E-state index is 0.0503. The van der Waals surface area contributed by atoms with Crippen LogP contribution in [-0.4, -0.2) is 39.5 Å². The minimum atomic E-state index is -4.69. The summed E-state index contributed by atoms with van der Waals surface area (Å²) in [5.41, 5.74) is -0.707. The number of ether oxygens (including phenoxy) is 1. The molecule has 0 spiro atoms. The molecule has 0 aromatic heterocycles. The quantitative estimate of drug-likeness (QED) is 0.528. The van der Waals surface area contributed by atoms with E-state index in [1.807, 2.05) is 13.8 Å². The van der Waals surface area contributed by atoms with E-state index in [9.17, 15) is 26.4 Å². The molecule has 0 heterocycles. The van der Waals surface area contributed by atoms with Gasteiger partial charge in [-0.3, -0.25) is 4.79 Å². The number of methoxy groups -OCH3 is 1. The van der Waals surface area contributed by atoms with Gasteiger partial charge in [0, 0.05) is 25.8 Å². The van der Waals surface area contributed by atoms with Crippen molar-refractivity contribution in [2.24, 2.45) is 5.92 Å². The van der Waals surface area contributed by atoms with Gasteiger partial charge >= 0.3 is 16.3 Å². The maximum absolute atomic E-state index is 12.9. The highest BCUT2D eigenvalue weighted by molar-refractivity contribution is 7.87. The lowest BCUT2D eigenvalue weighted by Gasteiger charge is -2.25. The topological polar surface area (TPSA) is 72.9 Å². The van der Waals surface area contributed by atoms with E-state index in [2.05, 4.69) is 0 Å². The first kappa shape index (κ1) is 24.7. The molecular formula is C21H24F3NO5S. The molecule has 0 radical (unpaired) electrons. The molecule has 0 bridgehead atoms. The van der Waals surface area contributed by atoms with E-state index in [1.165, 1.54) is 24.1 Å². The standard InChI is InChI=1S/C21H24F3NO5S/c1-15(2)12-25(20(26)14-29-3)13-16-7-4-5-10-19(16)30-31(27,28)18-9-6-8-17(11-18)21(22,23)24/h4-11,15H,12-14H2,1-3H3. The molecule has 2 rings (SSSR count). The minimum Gasteiger partial charge on any atom is -0.379 e. The van der Waals surface area contributed by atoms with Crippen molar-refractivity contribution in [3.63, 3.8) is 0 Å². The van der Waals surface area contributed by atoms with Crippen LogP contribution in [0.5, 0.6) is 5.75 Å². The summed E-state index contributed by atoms with van der Waals surface area (Å²) in [4.78, 5) is 13.3. The lowest BCUT2D eigenvalue weighted by molar-refractivity contribution is -0.138. The van der Waals surface area contributed by atoms with Crippen LogP contribution >= 0.6 is 0 Å². The van der Waals surface area contributed by atoms with Crippen LogP contribution in [0.25, 0.3) is 0 Å². The Balaban J connectivity index is 2.34. The van der Waals surface area contributed by atoms with E-state index in [0.29, 0.717) is 18.2 Å². The van der Waals surface area contributed by atoms with Crippen LogP contribution in [0.3, 0.4) is 0 Å². The molecular weight excluding hydrogens is 435 g/mol. The van der Waals surface area contributed by atoms with Gasteiger partial charge in [-0.2, -0.15) is 21.6 Å². The first-order valence-electron chi connectivity index (χ1n) is 9.40. The number of carbonyl (C=O) groups excluding carboxylic acids is 1. The Morgan fingerprint density at radius 2 is 1.77 bits per heavy atom. The lowest BCUT2D eigenvalue weighted by Crippen LogP contribution is -2.36. The van der Waals surface area contributed by atoms with Crippen molar-refractivity contribution in [1.29, 1.82) is 0 Å². The zero-order chi connectivity index (χ0) is 23.2. The highest BCUT2D eigenvalue weighted by Crippen LogP contribution is 2.31. The second kappa shape index (κ2) is 10.1. The highest BCUT2D eigenvalue weighted by atomic mass is 32.2. The summed E-state index contributed by atoms with van der Waals surface area (Å²) in [7, 11) is -3.14. The molecule has 0 atom stereocenters. The second-order valence-electron chi connectivity index (χ2n) is 7.27. The molecule has 0 aliphatic carbocycles. The van der Waals surface area contributed by atoms with Gasteiger partial charge in [0.25, 0.3) is 0 Å². The maximum atomic E-state index is 12.9. The number of carbonyl (C=O) groups is 1. The normalized spacial score (nSPS) is 12.1. The maximum Gasteiger partial charge on any atom is 0.416 e. The van der Waals surface area contributed by atoms with Gasteiger partial charge in [0.15, 0.2) is 0 Å². The van der Waals surface area contributed by atoms with E-state index in [-0.39, 0.29) is 30.7 Å². The zero-order valence-corrected chi connectivity index (χ0v) is 18.2. The fourth-order valence-corrected chi connectivity index (χ4v) is 3.84. The summed E-state index contributed by atoms with van der Waals surface area (Å²) in [5.74, 6) is -0.214. The van der Waals surface area contributed by atoms with E-state index in [0.717, 1.165) is 18.2 Å². The zero-order valence-electron chi connectivity index (χ0n) is 17.3. The molecule has 2 aromatic carbocycles. The number of hydrogen-bond donors (Lipinski definition) is 0. The third kappa shape index (κ3) is 6.96. The van der Waals surface area contributed by atoms with Crippen molar-refractivity contribution in [1.82, 2.24) is 4.90 Å². The average molecular weight is 459 g/mol. The number of para-hydroxylation sites is 1. The summed E-state index contributed by atoms with van der Waals surface area (Å²) >= 11 is 0. The summed E-state index contributed by atoms with van der Waals surface area (Å²) < 4.78 is 74.2. The molecule has 1 amide bonds. The second-order valence-corrected chi connectivity index (χ2v) is 8.82. The van der Waals surface area contributed by atoms with Crippen molar-refractivity contribution < 1.29 is 35.3 Å². The molecule has 0 N–H and O–H groups in total. The van der Waals surface area contributed by atoms with Gasteiger partial charge in [0.1, 0.15) is 17.3 Å². The Morgan fingerprint density at radius 3 is 2.39 bits per heavy atom. The molecule has 0 saturated heterocycles. The Morgan fingerprint density at radius 1 is 1.10 bits per heavy atom. The van der Waals surface area contributed by atoms with Crippen LogP contribution in [0.15, 0.2) is 53.4 Å². The van der Waals surface area contributed by atoms with Gasteiger partial charge in [0.2, 0.25) is 5.91 Å². The fraction of sp³-hybridized carbons (Fsp3) is 0.381. The van der Waals surface area contributed by atoms with E-state index < -0.39 is 26.8 Å². The first-order valence-corrected chi connectivity index (χ1v) is 10.8. The van der Waals surface area contributed by atoms with Gasteiger partial charge in [-0.1, -0.05) is 38.1 Å². The van der Waals surface area contributed by atoms with E-state index >= 15 is 0 Å². The summed E-state index contributed by atoms with van der Waals surface area (Å²) in [6.45, 7) is 4.16. The highest BCUT2D eigenvalue weighted by Gasteiger charge is 2.32. The lowest BCUT2D eigenvalue weighted by atomic mass is 10.1. The number of nitrogens with zero attached hydrogens (tertiary/aromatic N) is 1. The molecule has 170 valence electrons. The smallest absolute Gasteiger partial charge is 0.379 e. The number of halogens is 3. The number of amides is 1. The predicted octanol–water partition coefficient (Wildman–Crippen LogP) is 4.10. The largest absolute Gasteiger partial charge is 0.416 e. The molecule has 6 nitrogen and oxygen atoms in total. The third-order valence-corrected chi connectivity index (χ3v) is 5.42. The Kier molecular flexibility index (Phi) is 8.08. The number of benzene rings is 2. The number of rotatable bonds is 9. The Bertz CT molecular complexity index is 1010. The van der Waals surface area contributed by atoms with E-state index in [4.69, 9.17) is 8.92 Å². The molecule has 0 fully saturated rings. The SMILES string of the molecule is COCC(=O)N(Cc1ccccc1OS(=O)(=O)c1cccc(C(F)(F)F)c1)CC(C)C. The molecule has 0 unspecified atom stereocenters. The van der Waals surface area contributed by atoms with Crippen molar-refractivity contribution in [2.45, 2.75) is 31.5 Å². The van der Waals surface area contributed by atoms with Gasteiger partial charge in [-0.15, -0.1) is 0 Å². The predicted molar refractivity (Wildman–Crippen MR) is 108 cm³/mol. The van der Waals surface area contributed by atoms with Crippen LogP contribution < -0.4 is 4.18 Å². The molecule has 2 aromatic rings. The van der Waals surface area contributed by atoms with Gasteiger partial charge in [0.05, 0.1) is 5.56 Å². The summed E-state index contributed by atoms with van der Waals surface area (Å²) in [6.07, 6.45) is -4.69. The molecule has 0 aliphatic rings. The fourth-order valence-electron chi connectivity index (χ4n) is 2.83. The molecule has 0 saturated carbocycles. The van der Waals surface area contributed by atoms with Crippen LogP contribution in [-0.2, 0) is 32.4 Å². The summed E-state index contributed by atoms with van der Waals surface area (Å²) in [5, 5.41) is 0. The van der Waals surface area contributed by atoms with Gasteiger partial charge in [-0.05, 0) is 30.2 Å². The molecule has 10 heteroatoms. The van der Waals surface area contributed by atoms with Crippen molar-refractivity contribution in [2.75, 3.05) is 20.3 Å². The molecule has 0 aliphatic heterocycles. The number of hydrogen-bond acceptors (Lipinski definition) is 5. The van der Waals surface area contributed by atoms with Crippen molar-refractivity contribution >= 4 is 16.0 Å². The van der Waals surface area contributed by atoms with Gasteiger partial charge in [-0.25, -0.2) is 0 Å². The average Bonchev–Trinajstić information content (AvgIpc) is 2.68. The molecule has 31 heavy (non-hydrogen) atoms. The van der Waals surface area contributed by atoms with Crippen molar-refractivity contribution in [3.05, 3.63) is 59.7 Å². The third-order valence-electron chi connectivity index (χ3n) is 4.19. The van der Waals surface area contributed by atoms with Gasteiger partial charge < -0.3 is 13.8 Å². The first-order chi connectivity index (χ1) is 14.4.